The zero-order valence-electron chi connectivity index (χ0n) is 10.8. The lowest BCUT2D eigenvalue weighted by Crippen LogP contribution is -2.25. The van der Waals surface area contributed by atoms with E-state index in [1.165, 1.54) is 25.7 Å². The summed E-state index contributed by atoms with van der Waals surface area (Å²) >= 11 is 0. The molecule has 1 N–H and O–H groups in total. The number of hydrogen-bond donors (Lipinski definition) is 1. The van der Waals surface area contributed by atoms with Crippen molar-refractivity contribution in [3.05, 3.63) is 12.4 Å². The molecule has 17 heavy (non-hydrogen) atoms. The maximum Gasteiger partial charge on any atom is 0.133 e. The van der Waals surface area contributed by atoms with E-state index in [1.807, 2.05) is 6.07 Å². The van der Waals surface area contributed by atoms with E-state index in [9.17, 15) is 0 Å². The largest absolute Gasteiger partial charge is 0.370 e. The van der Waals surface area contributed by atoms with Crippen molar-refractivity contribution in [1.29, 1.82) is 0 Å². The summed E-state index contributed by atoms with van der Waals surface area (Å²) < 4.78 is 0. The Balaban J connectivity index is 1.97. The second kappa shape index (κ2) is 5.84. The average molecular weight is 234 g/mol. The van der Waals surface area contributed by atoms with Crippen LogP contribution in [-0.4, -0.2) is 30.1 Å². The van der Waals surface area contributed by atoms with Crippen LogP contribution >= 0.6 is 0 Å². The first-order chi connectivity index (χ1) is 8.29. The molecule has 1 aliphatic carbocycles. The lowest BCUT2D eigenvalue weighted by atomic mass is 10.1. The molecule has 0 saturated heterocycles. The van der Waals surface area contributed by atoms with Crippen LogP contribution in [0.2, 0.25) is 0 Å². The van der Waals surface area contributed by atoms with E-state index in [1.54, 1.807) is 6.33 Å². The molecule has 0 aromatic carbocycles. The van der Waals surface area contributed by atoms with Crippen molar-refractivity contribution in [2.45, 2.75) is 32.6 Å². The maximum atomic E-state index is 4.34. The van der Waals surface area contributed by atoms with Crippen molar-refractivity contribution in [3.63, 3.8) is 0 Å². The minimum atomic E-state index is 0.845. The quantitative estimate of drug-likeness (QED) is 0.850. The molecule has 1 saturated carbocycles. The Kier molecular flexibility index (Phi) is 4.18. The van der Waals surface area contributed by atoms with Crippen LogP contribution in [0.25, 0.3) is 0 Å². The van der Waals surface area contributed by atoms with Gasteiger partial charge in [-0.3, -0.25) is 0 Å². The third-order valence-corrected chi connectivity index (χ3v) is 3.41. The van der Waals surface area contributed by atoms with Crippen molar-refractivity contribution in [1.82, 2.24) is 9.97 Å². The van der Waals surface area contributed by atoms with Crippen LogP contribution in [0.3, 0.4) is 0 Å². The summed E-state index contributed by atoms with van der Waals surface area (Å²) in [5.41, 5.74) is 0. The van der Waals surface area contributed by atoms with E-state index in [4.69, 9.17) is 0 Å². The van der Waals surface area contributed by atoms with E-state index in [2.05, 4.69) is 34.2 Å². The Labute approximate surface area is 103 Å². The first-order valence-electron chi connectivity index (χ1n) is 6.56. The Bertz CT molecular complexity index is 347. The van der Waals surface area contributed by atoms with E-state index >= 15 is 0 Å². The first kappa shape index (κ1) is 12.1. The lowest BCUT2D eigenvalue weighted by Gasteiger charge is -2.22. The van der Waals surface area contributed by atoms with Gasteiger partial charge in [-0.1, -0.05) is 12.8 Å². The molecule has 0 amide bonds. The molecule has 0 aliphatic heterocycles. The summed E-state index contributed by atoms with van der Waals surface area (Å²) in [6.07, 6.45) is 7.17. The molecule has 0 spiro atoms. The number of aromatic nitrogens is 2. The van der Waals surface area contributed by atoms with Crippen molar-refractivity contribution < 1.29 is 0 Å². The van der Waals surface area contributed by atoms with Crippen LogP contribution in [0.1, 0.15) is 32.6 Å². The Morgan fingerprint density at radius 1 is 1.35 bits per heavy atom. The van der Waals surface area contributed by atoms with Gasteiger partial charge >= 0.3 is 0 Å². The average Bonchev–Trinajstić information content (AvgIpc) is 2.83. The van der Waals surface area contributed by atoms with Gasteiger partial charge in [0.2, 0.25) is 0 Å². The Morgan fingerprint density at radius 3 is 2.82 bits per heavy atom. The third kappa shape index (κ3) is 3.32. The number of hydrogen-bond acceptors (Lipinski definition) is 4. The molecule has 0 unspecified atom stereocenters. The van der Waals surface area contributed by atoms with Crippen LogP contribution in [0.15, 0.2) is 12.4 Å². The highest BCUT2D eigenvalue weighted by molar-refractivity contribution is 5.47. The van der Waals surface area contributed by atoms with Crippen molar-refractivity contribution >= 4 is 11.6 Å². The Hall–Kier alpha value is -1.32. The molecule has 4 heteroatoms. The summed E-state index contributed by atoms with van der Waals surface area (Å²) in [7, 11) is 2.12. The van der Waals surface area contributed by atoms with Gasteiger partial charge in [0.1, 0.15) is 18.0 Å². The van der Waals surface area contributed by atoms with Crippen LogP contribution in [0, 0.1) is 5.92 Å². The van der Waals surface area contributed by atoms with Crippen LogP contribution in [-0.2, 0) is 0 Å². The van der Waals surface area contributed by atoms with Crippen LogP contribution < -0.4 is 10.2 Å². The summed E-state index contributed by atoms with van der Waals surface area (Å²) in [5, 5.41) is 3.22. The predicted molar refractivity (Wildman–Crippen MR) is 71.4 cm³/mol. The topological polar surface area (TPSA) is 41.0 Å². The van der Waals surface area contributed by atoms with E-state index < -0.39 is 0 Å². The second-order valence-corrected chi connectivity index (χ2v) is 4.82. The second-order valence-electron chi connectivity index (χ2n) is 4.82. The summed E-state index contributed by atoms with van der Waals surface area (Å²) in [4.78, 5) is 10.8. The fourth-order valence-corrected chi connectivity index (χ4v) is 2.51. The molecule has 4 nitrogen and oxygen atoms in total. The van der Waals surface area contributed by atoms with Crippen molar-refractivity contribution in [3.8, 4) is 0 Å². The van der Waals surface area contributed by atoms with E-state index in [0.717, 1.165) is 30.6 Å². The molecule has 94 valence electrons. The third-order valence-electron chi connectivity index (χ3n) is 3.41. The van der Waals surface area contributed by atoms with Gasteiger partial charge in [0.05, 0.1) is 0 Å². The zero-order chi connectivity index (χ0) is 12.1. The zero-order valence-corrected chi connectivity index (χ0v) is 10.8. The van der Waals surface area contributed by atoms with Gasteiger partial charge < -0.3 is 10.2 Å². The smallest absolute Gasteiger partial charge is 0.133 e. The molecule has 1 heterocycles. The molecule has 2 rings (SSSR count). The normalized spacial score (nSPS) is 16.1. The predicted octanol–water partition coefficient (Wildman–Crippen LogP) is 2.53. The highest BCUT2D eigenvalue weighted by Crippen LogP contribution is 2.26. The van der Waals surface area contributed by atoms with E-state index in [-0.39, 0.29) is 0 Å². The first-order valence-corrected chi connectivity index (χ1v) is 6.56. The number of anilines is 2. The Morgan fingerprint density at radius 2 is 2.12 bits per heavy atom. The molecule has 0 bridgehead atoms. The summed E-state index contributed by atoms with van der Waals surface area (Å²) in [6, 6.07) is 2.03. The summed E-state index contributed by atoms with van der Waals surface area (Å²) in [5.74, 6) is 2.77. The molecule has 1 aromatic heterocycles. The molecule has 1 aliphatic rings. The molecular weight excluding hydrogens is 212 g/mol. The number of nitrogens with zero attached hydrogens (tertiary/aromatic N) is 3. The summed E-state index contributed by atoms with van der Waals surface area (Å²) in [6.45, 7) is 4.08. The van der Waals surface area contributed by atoms with Gasteiger partial charge in [-0.2, -0.15) is 0 Å². The van der Waals surface area contributed by atoms with Gasteiger partial charge in [-0.05, 0) is 25.7 Å². The highest BCUT2D eigenvalue weighted by Gasteiger charge is 2.17. The van der Waals surface area contributed by atoms with Gasteiger partial charge in [0.25, 0.3) is 0 Å². The standard InChI is InChI=1S/C13H22N4/c1-3-14-12-8-13(16-10-15-12)17(2)9-11-6-4-5-7-11/h8,10-11H,3-7,9H2,1-2H3,(H,14,15,16). The fraction of sp³-hybridized carbons (Fsp3) is 0.692. The van der Waals surface area contributed by atoms with Gasteiger partial charge in [0, 0.05) is 26.2 Å². The molecule has 1 aromatic rings. The number of rotatable bonds is 5. The monoisotopic (exact) mass is 234 g/mol. The lowest BCUT2D eigenvalue weighted by molar-refractivity contribution is 0.545. The van der Waals surface area contributed by atoms with Crippen molar-refractivity contribution in [2.75, 3.05) is 30.4 Å². The minimum absolute atomic E-state index is 0.845. The molecule has 0 atom stereocenters. The minimum Gasteiger partial charge on any atom is -0.370 e. The van der Waals surface area contributed by atoms with Gasteiger partial charge in [-0.25, -0.2) is 9.97 Å². The van der Waals surface area contributed by atoms with Crippen molar-refractivity contribution in [2.24, 2.45) is 5.92 Å². The molecule has 1 fully saturated rings. The number of nitrogens with one attached hydrogen (secondary N) is 1. The fourth-order valence-electron chi connectivity index (χ4n) is 2.51. The SMILES string of the molecule is CCNc1cc(N(C)CC2CCCC2)ncn1. The van der Waals surface area contributed by atoms with Crippen LogP contribution in [0.4, 0.5) is 11.6 Å². The van der Waals surface area contributed by atoms with Gasteiger partial charge in [-0.15, -0.1) is 0 Å². The van der Waals surface area contributed by atoms with Crippen LogP contribution in [0.5, 0.6) is 0 Å². The maximum absolute atomic E-state index is 4.34. The highest BCUT2D eigenvalue weighted by atomic mass is 15.2. The molecular formula is C13H22N4. The molecule has 0 radical (unpaired) electrons. The van der Waals surface area contributed by atoms with E-state index in [0.29, 0.717) is 0 Å². The van der Waals surface area contributed by atoms with Gasteiger partial charge in [0.15, 0.2) is 0 Å².